The van der Waals surface area contributed by atoms with E-state index in [1.807, 2.05) is 0 Å². The second-order valence-corrected chi connectivity index (χ2v) is 6.12. The van der Waals surface area contributed by atoms with Gasteiger partial charge in [-0.1, -0.05) is 5.21 Å². The van der Waals surface area contributed by atoms with Crippen molar-refractivity contribution in [1.82, 2.24) is 46.1 Å². The van der Waals surface area contributed by atoms with Crippen molar-refractivity contribution < 1.29 is 14.0 Å². The molecule has 4 aromatic rings. The molecule has 0 spiro atoms. The number of rotatable bonds is 4. The molecule has 0 unspecified atom stereocenters. The molecule has 11 nitrogen and oxygen atoms in total. The van der Waals surface area contributed by atoms with E-state index in [0.29, 0.717) is 22.6 Å². The average molecular weight is 407 g/mol. The molecule has 0 atom stereocenters. The van der Waals surface area contributed by atoms with Crippen molar-refractivity contribution in [2.75, 3.05) is 0 Å². The Labute approximate surface area is 168 Å². The highest BCUT2D eigenvalue weighted by atomic mass is 19.1. The largest absolute Gasteiger partial charge is 0.292 e. The van der Waals surface area contributed by atoms with Gasteiger partial charge < -0.3 is 0 Å². The van der Waals surface area contributed by atoms with Crippen LogP contribution >= 0.6 is 0 Å². The maximum absolute atomic E-state index is 13.1. The lowest BCUT2D eigenvalue weighted by molar-refractivity contribution is 0.0843. The molecule has 30 heavy (non-hydrogen) atoms. The number of carbonyl (C=O) groups is 2. The molecule has 0 saturated carbocycles. The summed E-state index contributed by atoms with van der Waals surface area (Å²) in [5.74, 6) is -1.54. The maximum atomic E-state index is 13.1. The first-order valence-electron chi connectivity index (χ1n) is 8.65. The normalized spacial score (nSPS) is 10.6. The number of tetrazole rings is 1. The van der Waals surface area contributed by atoms with Gasteiger partial charge in [-0.15, -0.1) is 10.2 Å². The number of nitrogens with zero attached hydrogens (tertiary/aromatic N) is 7. The van der Waals surface area contributed by atoms with Crippen molar-refractivity contribution in [2.24, 2.45) is 0 Å². The van der Waals surface area contributed by atoms with Crippen LogP contribution in [-0.4, -0.2) is 47.0 Å². The average Bonchev–Trinajstić information content (AvgIpc) is 3.43. The van der Waals surface area contributed by atoms with Gasteiger partial charge in [-0.3, -0.25) is 20.4 Å². The van der Waals surface area contributed by atoms with Gasteiger partial charge in [-0.25, -0.2) is 13.8 Å². The van der Waals surface area contributed by atoms with Gasteiger partial charge in [0.2, 0.25) is 0 Å². The molecule has 2 aromatic heterocycles. The number of hydrazine groups is 1. The zero-order chi connectivity index (χ0) is 21.1. The van der Waals surface area contributed by atoms with Gasteiger partial charge >= 0.3 is 0 Å². The van der Waals surface area contributed by atoms with Crippen LogP contribution in [0.4, 0.5) is 4.39 Å². The van der Waals surface area contributed by atoms with E-state index in [1.54, 1.807) is 31.2 Å². The summed E-state index contributed by atoms with van der Waals surface area (Å²) in [6, 6.07) is 12.0. The minimum Gasteiger partial charge on any atom is -0.267 e. The van der Waals surface area contributed by atoms with Crippen molar-refractivity contribution in [2.45, 2.75) is 6.92 Å². The first-order valence-corrected chi connectivity index (χ1v) is 8.65. The molecule has 0 aliphatic rings. The Kier molecular flexibility index (Phi) is 4.95. The van der Waals surface area contributed by atoms with E-state index in [9.17, 15) is 14.0 Å². The Morgan fingerprint density at radius 3 is 2.23 bits per heavy atom. The number of halogens is 1. The van der Waals surface area contributed by atoms with Gasteiger partial charge in [-0.05, 0) is 65.9 Å². The molecule has 0 aliphatic heterocycles. The van der Waals surface area contributed by atoms with Crippen LogP contribution in [0.2, 0.25) is 0 Å². The van der Waals surface area contributed by atoms with E-state index in [0.717, 1.165) is 0 Å². The molecular formula is C18H14FN9O2. The Hall–Kier alpha value is -4.48. The summed E-state index contributed by atoms with van der Waals surface area (Å²) in [6.45, 7) is 1.64. The lowest BCUT2D eigenvalue weighted by atomic mass is 10.2. The van der Waals surface area contributed by atoms with Crippen LogP contribution in [0, 0.1) is 12.7 Å². The fourth-order valence-corrected chi connectivity index (χ4v) is 2.66. The number of amides is 2. The first-order chi connectivity index (χ1) is 14.5. The maximum Gasteiger partial charge on any atom is 0.292 e. The highest BCUT2D eigenvalue weighted by Gasteiger charge is 2.18. The Morgan fingerprint density at radius 2 is 1.57 bits per heavy atom. The molecule has 0 aliphatic carbocycles. The fourth-order valence-electron chi connectivity index (χ4n) is 2.66. The van der Waals surface area contributed by atoms with Crippen molar-refractivity contribution in [3.8, 4) is 11.4 Å². The minimum atomic E-state index is -0.639. The summed E-state index contributed by atoms with van der Waals surface area (Å²) in [5.41, 5.74) is 6.62. The number of hydrogen-bond donors (Lipinski definition) is 2. The molecular weight excluding hydrogens is 393 g/mol. The third kappa shape index (κ3) is 3.73. The van der Waals surface area contributed by atoms with E-state index in [1.165, 1.54) is 40.0 Å². The highest BCUT2D eigenvalue weighted by Crippen LogP contribution is 2.13. The van der Waals surface area contributed by atoms with Crippen LogP contribution in [0.1, 0.15) is 26.5 Å². The third-order valence-electron chi connectivity index (χ3n) is 4.21. The molecule has 2 aromatic carbocycles. The summed E-state index contributed by atoms with van der Waals surface area (Å²) in [4.78, 5) is 24.7. The van der Waals surface area contributed by atoms with E-state index in [4.69, 9.17) is 0 Å². The van der Waals surface area contributed by atoms with Crippen LogP contribution in [0.5, 0.6) is 0 Å². The van der Waals surface area contributed by atoms with Crippen LogP contribution in [0.15, 0.2) is 54.9 Å². The Morgan fingerprint density at radius 1 is 0.900 bits per heavy atom. The standard InChI is InChI=1S/C18H14FN9O2/c1-11-16(21-25-28(11)15-8-4-13(19)5-9-15)18(30)23-22-17(29)12-2-6-14(7-3-12)27-10-20-24-26-27/h2-10H,1H3,(H,22,29)(H,23,30). The quantitative estimate of drug-likeness (QED) is 0.477. The smallest absolute Gasteiger partial charge is 0.267 e. The molecule has 2 heterocycles. The van der Waals surface area contributed by atoms with Crippen molar-refractivity contribution in [1.29, 1.82) is 0 Å². The fraction of sp³-hybridized carbons (Fsp3) is 0.0556. The van der Waals surface area contributed by atoms with Gasteiger partial charge in [0.15, 0.2) is 5.69 Å². The second kappa shape index (κ2) is 7.87. The molecule has 150 valence electrons. The summed E-state index contributed by atoms with van der Waals surface area (Å²) in [7, 11) is 0. The van der Waals surface area contributed by atoms with Crippen LogP contribution in [0.25, 0.3) is 11.4 Å². The molecule has 12 heteroatoms. The Balaban J connectivity index is 1.41. The van der Waals surface area contributed by atoms with E-state index < -0.39 is 11.8 Å². The zero-order valence-electron chi connectivity index (χ0n) is 15.5. The first kappa shape index (κ1) is 18.9. The van der Waals surface area contributed by atoms with Crippen molar-refractivity contribution in [3.63, 3.8) is 0 Å². The minimum absolute atomic E-state index is 0.0219. The molecule has 2 amide bonds. The topological polar surface area (TPSA) is 133 Å². The Bertz CT molecular complexity index is 1190. The zero-order valence-corrected chi connectivity index (χ0v) is 15.5. The van der Waals surface area contributed by atoms with Crippen LogP contribution in [0.3, 0.4) is 0 Å². The van der Waals surface area contributed by atoms with Crippen molar-refractivity contribution in [3.05, 3.63) is 77.6 Å². The highest BCUT2D eigenvalue weighted by molar-refractivity contribution is 5.98. The van der Waals surface area contributed by atoms with E-state index >= 15 is 0 Å². The van der Waals surface area contributed by atoms with Crippen LogP contribution in [-0.2, 0) is 0 Å². The van der Waals surface area contributed by atoms with Gasteiger partial charge in [0.05, 0.1) is 17.1 Å². The molecule has 4 rings (SSSR count). The van der Waals surface area contributed by atoms with Gasteiger partial charge in [0.1, 0.15) is 12.1 Å². The summed E-state index contributed by atoms with van der Waals surface area (Å²) < 4.78 is 15.9. The lowest BCUT2D eigenvalue weighted by Gasteiger charge is -2.07. The number of nitrogens with one attached hydrogen (secondary N) is 2. The molecule has 2 N–H and O–H groups in total. The molecule has 0 bridgehead atoms. The van der Waals surface area contributed by atoms with E-state index in [-0.39, 0.29) is 11.5 Å². The number of carbonyl (C=O) groups excluding carboxylic acids is 2. The van der Waals surface area contributed by atoms with Gasteiger partial charge in [-0.2, -0.15) is 0 Å². The summed E-state index contributed by atoms with van der Waals surface area (Å²) in [6.07, 6.45) is 1.43. The second-order valence-electron chi connectivity index (χ2n) is 6.12. The molecule has 0 saturated heterocycles. The summed E-state index contributed by atoms with van der Waals surface area (Å²) >= 11 is 0. The molecule has 0 radical (unpaired) electrons. The number of aromatic nitrogens is 7. The SMILES string of the molecule is Cc1c(C(=O)NNC(=O)c2ccc(-n3cnnn3)cc2)nnn1-c1ccc(F)cc1. The van der Waals surface area contributed by atoms with Gasteiger partial charge in [0.25, 0.3) is 11.8 Å². The lowest BCUT2D eigenvalue weighted by Crippen LogP contribution is -2.42. The van der Waals surface area contributed by atoms with Gasteiger partial charge in [0, 0.05) is 5.56 Å². The monoisotopic (exact) mass is 407 g/mol. The van der Waals surface area contributed by atoms with E-state index in [2.05, 4.69) is 36.7 Å². The third-order valence-corrected chi connectivity index (χ3v) is 4.21. The van der Waals surface area contributed by atoms with Crippen LogP contribution < -0.4 is 10.9 Å². The predicted octanol–water partition coefficient (Wildman–Crippen LogP) is 0.765. The predicted molar refractivity (Wildman–Crippen MR) is 100 cm³/mol. The number of benzene rings is 2. The molecule has 0 fully saturated rings. The number of hydrogen-bond acceptors (Lipinski definition) is 7. The summed E-state index contributed by atoms with van der Waals surface area (Å²) in [5, 5.41) is 18.6. The van der Waals surface area contributed by atoms with Crippen molar-refractivity contribution >= 4 is 11.8 Å².